The minimum atomic E-state index is -0.289. The lowest BCUT2D eigenvalue weighted by Crippen LogP contribution is -2.43. The monoisotopic (exact) mass is 498 g/mol. The van der Waals surface area contributed by atoms with E-state index in [0.29, 0.717) is 41.8 Å². The Morgan fingerprint density at radius 3 is 2.54 bits per heavy atom. The maximum Gasteiger partial charge on any atom is 0.251 e. The van der Waals surface area contributed by atoms with E-state index < -0.39 is 0 Å². The maximum absolute atomic E-state index is 13.5. The Morgan fingerprint density at radius 1 is 1.09 bits per heavy atom. The number of carbonyl (C=O) groups excluding carboxylic acids is 1. The van der Waals surface area contributed by atoms with Crippen molar-refractivity contribution in [3.8, 4) is 11.5 Å². The highest BCUT2D eigenvalue weighted by atomic mass is 35.5. The summed E-state index contributed by atoms with van der Waals surface area (Å²) in [5.41, 5.74) is 2.24. The quantitative estimate of drug-likeness (QED) is 0.456. The average molecular weight is 499 g/mol. The second-order valence-corrected chi connectivity index (χ2v) is 8.58. The first-order valence-electron chi connectivity index (χ1n) is 11.4. The van der Waals surface area contributed by atoms with Crippen molar-refractivity contribution in [2.75, 3.05) is 40.0 Å². The zero-order chi connectivity index (χ0) is 24.6. The van der Waals surface area contributed by atoms with Gasteiger partial charge in [0.25, 0.3) is 5.91 Å². The topological polar surface area (TPSA) is 60.0 Å². The summed E-state index contributed by atoms with van der Waals surface area (Å²) >= 11 is 6.21. The summed E-state index contributed by atoms with van der Waals surface area (Å²) in [5.74, 6) is 0.443. The molecular formula is C27H28ClFN2O4. The van der Waals surface area contributed by atoms with E-state index in [0.717, 1.165) is 24.2 Å². The van der Waals surface area contributed by atoms with Crippen LogP contribution in [-0.2, 0) is 11.3 Å². The molecule has 0 aliphatic carbocycles. The Morgan fingerprint density at radius 2 is 1.83 bits per heavy atom. The summed E-state index contributed by atoms with van der Waals surface area (Å²) in [6.45, 7) is 3.38. The van der Waals surface area contributed by atoms with Crippen LogP contribution in [0.4, 0.5) is 4.39 Å². The molecule has 3 aromatic rings. The molecule has 3 aromatic carbocycles. The van der Waals surface area contributed by atoms with Crippen LogP contribution in [0.15, 0.2) is 66.7 Å². The van der Waals surface area contributed by atoms with E-state index in [2.05, 4.69) is 10.2 Å². The van der Waals surface area contributed by atoms with Crippen molar-refractivity contribution in [1.82, 2.24) is 10.2 Å². The fourth-order valence-corrected chi connectivity index (χ4v) is 4.21. The molecule has 0 unspecified atom stereocenters. The summed E-state index contributed by atoms with van der Waals surface area (Å²) in [5, 5.41) is 3.64. The van der Waals surface area contributed by atoms with Gasteiger partial charge in [0.15, 0.2) is 11.5 Å². The van der Waals surface area contributed by atoms with Crippen LogP contribution < -0.4 is 14.8 Å². The number of benzene rings is 3. The van der Waals surface area contributed by atoms with Gasteiger partial charge in [0, 0.05) is 35.8 Å². The number of rotatable bonds is 9. The Kier molecular flexibility index (Phi) is 8.58. The molecule has 0 saturated carbocycles. The summed E-state index contributed by atoms with van der Waals surface area (Å²) < 4.78 is 30.3. The van der Waals surface area contributed by atoms with Gasteiger partial charge in [-0.2, -0.15) is 0 Å². The van der Waals surface area contributed by atoms with Crippen molar-refractivity contribution >= 4 is 17.5 Å². The molecule has 1 saturated heterocycles. The molecule has 8 heteroatoms. The van der Waals surface area contributed by atoms with Crippen molar-refractivity contribution in [3.05, 3.63) is 94.3 Å². The zero-order valence-corrected chi connectivity index (χ0v) is 20.3. The maximum atomic E-state index is 13.5. The highest BCUT2D eigenvalue weighted by Crippen LogP contribution is 2.30. The third-order valence-corrected chi connectivity index (χ3v) is 6.33. The van der Waals surface area contributed by atoms with Crippen LogP contribution in [0.3, 0.4) is 0 Å². The summed E-state index contributed by atoms with van der Waals surface area (Å²) in [6.07, 6.45) is 0. The molecule has 1 aliphatic rings. The van der Waals surface area contributed by atoms with Gasteiger partial charge < -0.3 is 19.5 Å². The highest BCUT2D eigenvalue weighted by molar-refractivity contribution is 6.31. The molecule has 4 rings (SSSR count). The van der Waals surface area contributed by atoms with Gasteiger partial charge in [0.2, 0.25) is 0 Å². The van der Waals surface area contributed by atoms with E-state index in [1.54, 1.807) is 36.4 Å². The molecule has 184 valence electrons. The number of halogens is 2. The number of hydrogen-bond acceptors (Lipinski definition) is 5. The smallest absolute Gasteiger partial charge is 0.251 e. The number of hydrogen-bond donors (Lipinski definition) is 1. The highest BCUT2D eigenvalue weighted by Gasteiger charge is 2.24. The zero-order valence-electron chi connectivity index (χ0n) is 19.5. The molecule has 6 nitrogen and oxygen atoms in total. The molecular weight excluding hydrogens is 471 g/mol. The summed E-state index contributed by atoms with van der Waals surface area (Å²) in [7, 11) is 1.53. The molecule has 0 radical (unpaired) electrons. The minimum absolute atomic E-state index is 0.0939. The number of nitrogens with zero attached hydrogens (tertiary/aromatic N) is 1. The second-order valence-electron chi connectivity index (χ2n) is 8.17. The number of nitrogens with one attached hydrogen (secondary N) is 1. The van der Waals surface area contributed by atoms with E-state index in [9.17, 15) is 9.18 Å². The van der Waals surface area contributed by atoms with Crippen molar-refractivity contribution < 1.29 is 23.4 Å². The van der Waals surface area contributed by atoms with E-state index >= 15 is 0 Å². The Balaban J connectivity index is 1.43. The first kappa shape index (κ1) is 25.0. The van der Waals surface area contributed by atoms with Crippen LogP contribution in [0.2, 0.25) is 5.02 Å². The van der Waals surface area contributed by atoms with Crippen molar-refractivity contribution in [1.29, 1.82) is 0 Å². The van der Waals surface area contributed by atoms with Gasteiger partial charge in [0.1, 0.15) is 12.4 Å². The van der Waals surface area contributed by atoms with Gasteiger partial charge in [-0.05, 0) is 42.0 Å². The Labute approximate surface area is 209 Å². The van der Waals surface area contributed by atoms with Crippen LogP contribution >= 0.6 is 11.6 Å². The van der Waals surface area contributed by atoms with Crippen molar-refractivity contribution in [2.45, 2.75) is 12.6 Å². The number of carbonyl (C=O) groups is 1. The first-order valence-corrected chi connectivity index (χ1v) is 11.8. The molecule has 35 heavy (non-hydrogen) atoms. The number of amides is 1. The van der Waals surface area contributed by atoms with E-state index in [1.165, 1.54) is 19.2 Å². The van der Waals surface area contributed by atoms with Crippen molar-refractivity contribution in [2.24, 2.45) is 0 Å². The molecule has 1 atom stereocenters. The molecule has 1 fully saturated rings. The lowest BCUT2D eigenvalue weighted by atomic mass is 10.0. The van der Waals surface area contributed by atoms with Gasteiger partial charge in [-0.1, -0.05) is 41.9 Å². The third kappa shape index (κ3) is 6.51. The van der Waals surface area contributed by atoms with Crippen LogP contribution in [0, 0.1) is 5.82 Å². The SMILES string of the molecule is COc1cc(C(=O)NC[C@@H](c2ccc(F)cc2)N2CCOCC2)ccc1OCc1ccccc1Cl. The molecule has 1 heterocycles. The Bertz CT molecular complexity index is 1140. The van der Waals surface area contributed by atoms with Crippen LogP contribution in [0.5, 0.6) is 11.5 Å². The molecule has 0 spiro atoms. The second kappa shape index (κ2) is 12.0. The van der Waals surface area contributed by atoms with Crippen LogP contribution in [0.25, 0.3) is 0 Å². The van der Waals surface area contributed by atoms with Gasteiger partial charge in [0.05, 0.1) is 26.4 Å². The number of morpholine rings is 1. The average Bonchev–Trinajstić information content (AvgIpc) is 2.89. The molecule has 1 aliphatic heterocycles. The first-order chi connectivity index (χ1) is 17.0. The van der Waals surface area contributed by atoms with Crippen LogP contribution in [0.1, 0.15) is 27.5 Å². The molecule has 0 aromatic heterocycles. The standard InChI is InChI=1S/C27H28ClFN2O4/c1-33-26-16-20(8-11-25(26)35-18-21-4-2-3-5-23(21)28)27(32)30-17-24(31-12-14-34-15-13-31)19-6-9-22(29)10-7-19/h2-11,16,24H,12-15,17-18H2,1H3,(H,30,32)/t24-/m0/s1. The summed E-state index contributed by atoms with van der Waals surface area (Å²) in [6, 6.07) is 18.8. The van der Waals surface area contributed by atoms with E-state index in [1.807, 2.05) is 18.2 Å². The normalized spacial score (nSPS) is 14.8. The largest absolute Gasteiger partial charge is 0.493 e. The minimum Gasteiger partial charge on any atom is -0.493 e. The van der Waals surface area contributed by atoms with Gasteiger partial charge in [-0.25, -0.2) is 4.39 Å². The fourth-order valence-electron chi connectivity index (χ4n) is 4.02. The van der Waals surface area contributed by atoms with Crippen molar-refractivity contribution in [3.63, 3.8) is 0 Å². The van der Waals surface area contributed by atoms with E-state index in [-0.39, 0.29) is 24.4 Å². The molecule has 1 N–H and O–H groups in total. The fraction of sp³-hybridized carbons (Fsp3) is 0.296. The van der Waals surface area contributed by atoms with Crippen LogP contribution in [-0.4, -0.2) is 50.8 Å². The lowest BCUT2D eigenvalue weighted by Gasteiger charge is -2.35. The van der Waals surface area contributed by atoms with Gasteiger partial charge >= 0.3 is 0 Å². The predicted octanol–water partition coefficient (Wildman–Crippen LogP) is 4.87. The third-order valence-electron chi connectivity index (χ3n) is 5.96. The molecule has 1 amide bonds. The van der Waals surface area contributed by atoms with E-state index in [4.69, 9.17) is 25.8 Å². The number of ether oxygens (including phenoxy) is 3. The molecule has 0 bridgehead atoms. The van der Waals surface area contributed by atoms with Gasteiger partial charge in [-0.15, -0.1) is 0 Å². The predicted molar refractivity (Wildman–Crippen MR) is 133 cm³/mol. The van der Waals surface area contributed by atoms with Gasteiger partial charge in [-0.3, -0.25) is 9.69 Å². The summed E-state index contributed by atoms with van der Waals surface area (Å²) in [4.78, 5) is 15.2. The Hall–Kier alpha value is -3.13. The lowest BCUT2D eigenvalue weighted by molar-refractivity contribution is 0.0162. The number of methoxy groups -OCH3 is 1.